The predicted octanol–water partition coefficient (Wildman–Crippen LogP) is -0.833. The van der Waals surface area contributed by atoms with Crippen LogP contribution in [0.1, 0.15) is 13.3 Å². The highest BCUT2D eigenvalue weighted by Gasteiger charge is 2.33. The van der Waals surface area contributed by atoms with Crippen LogP contribution in [0.15, 0.2) is 0 Å². The molecule has 0 unspecified atom stereocenters. The van der Waals surface area contributed by atoms with Gasteiger partial charge in [-0.2, -0.15) is 0 Å². The van der Waals surface area contributed by atoms with Crippen molar-refractivity contribution in [1.29, 1.82) is 0 Å². The predicted molar refractivity (Wildman–Crippen MR) is 37.9 cm³/mol. The fourth-order valence-electron chi connectivity index (χ4n) is 1.33. The zero-order valence-electron chi connectivity index (χ0n) is 6.36. The van der Waals surface area contributed by atoms with E-state index in [9.17, 15) is 14.7 Å². The van der Waals surface area contributed by atoms with Crippen LogP contribution in [-0.4, -0.2) is 40.9 Å². The highest BCUT2D eigenvalue weighted by atomic mass is 16.3. The average Bonchev–Trinajstić information content (AvgIpc) is 2.30. The Morgan fingerprint density at radius 1 is 1.73 bits per heavy atom. The summed E-state index contributed by atoms with van der Waals surface area (Å²) in [6.07, 6.45) is 0.457. The molecule has 62 valence electrons. The van der Waals surface area contributed by atoms with E-state index in [0.29, 0.717) is 19.3 Å². The van der Waals surface area contributed by atoms with Gasteiger partial charge >= 0.3 is 0 Å². The zero-order chi connectivity index (χ0) is 8.43. The summed E-state index contributed by atoms with van der Waals surface area (Å²) in [5.41, 5.74) is 0. The van der Waals surface area contributed by atoms with Crippen molar-refractivity contribution in [2.24, 2.45) is 0 Å². The molecule has 4 heteroatoms. The van der Waals surface area contributed by atoms with Crippen LogP contribution in [0.2, 0.25) is 0 Å². The summed E-state index contributed by atoms with van der Waals surface area (Å²) in [5, 5.41) is 9.18. The molecule has 0 aromatic rings. The number of rotatable bonds is 1. The Kier molecular flexibility index (Phi) is 2.24. The molecular weight excluding hydrogens is 146 g/mol. The van der Waals surface area contributed by atoms with Crippen LogP contribution in [-0.2, 0) is 9.59 Å². The van der Waals surface area contributed by atoms with E-state index in [4.69, 9.17) is 0 Å². The first-order valence-corrected chi connectivity index (χ1v) is 3.57. The lowest BCUT2D eigenvalue weighted by molar-refractivity contribution is -0.133. The number of hydrogen-bond acceptors (Lipinski definition) is 3. The van der Waals surface area contributed by atoms with Crippen LogP contribution >= 0.6 is 0 Å². The highest BCUT2D eigenvalue weighted by molar-refractivity contribution is 5.78. The van der Waals surface area contributed by atoms with Crippen LogP contribution in [0.3, 0.4) is 0 Å². The van der Waals surface area contributed by atoms with Crippen molar-refractivity contribution in [2.45, 2.75) is 25.5 Å². The Morgan fingerprint density at radius 2 is 2.36 bits per heavy atom. The lowest BCUT2D eigenvalue weighted by Gasteiger charge is -2.19. The van der Waals surface area contributed by atoms with Gasteiger partial charge in [0.25, 0.3) is 0 Å². The quantitative estimate of drug-likeness (QED) is 0.505. The van der Waals surface area contributed by atoms with Gasteiger partial charge in [-0.3, -0.25) is 4.79 Å². The van der Waals surface area contributed by atoms with Crippen molar-refractivity contribution in [1.82, 2.24) is 4.90 Å². The maximum Gasteiger partial charge on any atom is 0.220 e. The Balaban J connectivity index is 2.68. The summed E-state index contributed by atoms with van der Waals surface area (Å²) in [7, 11) is 0. The maximum atomic E-state index is 10.8. The number of carbonyl (C=O) groups excluding carboxylic acids is 2. The maximum absolute atomic E-state index is 10.8. The highest BCUT2D eigenvalue weighted by Crippen LogP contribution is 2.15. The SMILES string of the molecule is CC(=O)N1CC[C@@H](O)[C@H]1C=O. The van der Waals surface area contributed by atoms with Gasteiger partial charge in [0.1, 0.15) is 12.3 Å². The fourth-order valence-corrected chi connectivity index (χ4v) is 1.33. The molecule has 0 spiro atoms. The van der Waals surface area contributed by atoms with Crippen molar-refractivity contribution < 1.29 is 14.7 Å². The van der Waals surface area contributed by atoms with Gasteiger partial charge in [-0.25, -0.2) is 0 Å². The van der Waals surface area contributed by atoms with Gasteiger partial charge in [-0.05, 0) is 6.42 Å². The first kappa shape index (κ1) is 8.20. The molecule has 1 fully saturated rings. The summed E-state index contributed by atoms with van der Waals surface area (Å²) in [6.45, 7) is 1.88. The van der Waals surface area contributed by atoms with E-state index in [1.54, 1.807) is 0 Å². The minimum Gasteiger partial charge on any atom is -0.390 e. The summed E-state index contributed by atoms with van der Waals surface area (Å²) >= 11 is 0. The molecule has 1 rings (SSSR count). The lowest BCUT2D eigenvalue weighted by Crippen LogP contribution is -2.39. The second-order valence-electron chi connectivity index (χ2n) is 2.70. The van der Waals surface area contributed by atoms with Crippen molar-refractivity contribution in [3.63, 3.8) is 0 Å². The van der Waals surface area contributed by atoms with Gasteiger partial charge in [0.2, 0.25) is 5.91 Å². The Morgan fingerprint density at radius 3 is 2.73 bits per heavy atom. The van der Waals surface area contributed by atoms with Crippen LogP contribution in [0.25, 0.3) is 0 Å². The molecule has 1 saturated heterocycles. The standard InChI is InChI=1S/C7H11NO3/c1-5(10)8-3-2-7(11)6(8)4-9/h4,6-7,11H,2-3H2,1H3/t6-,7-/m1/s1. The van der Waals surface area contributed by atoms with Crippen LogP contribution < -0.4 is 0 Å². The van der Waals surface area contributed by atoms with Gasteiger partial charge in [-0.1, -0.05) is 0 Å². The zero-order valence-corrected chi connectivity index (χ0v) is 6.36. The van der Waals surface area contributed by atoms with E-state index in [1.165, 1.54) is 11.8 Å². The molecule has 0 saturated carbocycles. The van der Waals surface area contributed by atoms with Crippen LogP contribution in [0.4, 0.5) is 0 Å². The molecule has 1 heterocycles. The molecule has 1 aliphatic rings. The van der Waals surface area contributed by atoms with Crippen molar-refractivity contribution >= 4 is 12.2 Å². The molecule has 1 N–H and O–H groups in total. The molecule has 0 radical (unpaired) electrons. The number of aliphatic hydroxyl groups is 1. The Hall–Kier alpha value is -0.900. The molecule has 0 aliphatic carbocycles. The summed E-state index contributed by atoms with van der Waals surface area (Å²) in [5.74, 6) is -0.154. The van der Waals surface area contributed by atoms with Crippen molar-refractivity contribution in [2.75, 3.05) is 6.54 Å². The van der Waals surface area contributed by atoms with Crippen molar-refractivity contribution in [3.05, 3.63) is 0 Å². The summed E-state index contributed by atoms with van der Waals surface area (Å²) in [4.78, 5) is 22.6. The smallest absolute Gasteiger partial charge is 0.220 e. The number of likely N-dealkylation sites (tertiary alicyclic amines) is 1. The van der Waals surface area contributed by atoms with Gasteiger partial charge < -0.3 is 14.8 Å². The second-order valence-corrected chi connectivity index (χ2v) is 2.70. The number of aldehydes is 1. The number of amides is 1. The molecule has 4 nitrogen and oxygen atoms in total. The minimum atomic E-state index is -0.670. The van der Waals surface area contributed by atoms with E-state index in [-0.39, 0.29) is 5.91 Å². The number of carbonyl (C=O) groups is 2. The van der Waals surface area contributed by atoms with Gasteiger partial charge in [0.15, 0.2) is 0 Å². The molecule has 11 heavy (non-hydrogen) atoms. The molecule has 2 atom stereocenters. The number of nitrogens with zero attached hydrogens (tertiary/aromatic N) is 1. The molecule has 0 aromatic heterocycles. The van der Waals surface area contributed by atoms with E-state index in [1.807, 2.05) is 0 Å². The van der Waals surface area contributed by atoms with Crippen molar-refractivity contribution in [3.8, 4) is 0 Å². The van der Waals surface area contributed by atoms with Crippen LogP contribution in [0, 0.1) is 0 Å². The monoisotopic (exact) mass is 157 g/mol. The average molecular weight is 157 g/mol. The summed E-state index contributed by atoms with van der Waals surface area (Å²) < 4.78 is 0. The normalized spacial score (nSPS) is 30.5. The number of hydrogen-bond donors (Lipinski definition) is 1. The van der Waals surface area contributed by atoms with Gasteiger partial charge in [-0.15, -0.1) is 0 Å². The number of aliphatic hydroxyl groups excluding tert-OH is 1. The first-order valence-electron chi connectivity index (χ1n) is 3.57. The summed E-state index contributed by atoms with van der Waals surface area (Å²) in [6, 6.07) is -0.618. The molecule has 1 amide bonds. The third kappa shape index (κ3) is 1.40. The van der Waals surface area contributed by atoms with E-state index < -0.39 is 12.1 Å². The molecular formula is C7H11NO3. The Labute approximate surface area is 64.8 Å². The second kappa shape index (κ2) is 3.00. The Bertz CT molecular complexity index is 181. The van der Waals surface area contributed by atoms with Gasteiger partial charge in [0.05, 0.1) is 6.10 Å². The van der Waals surface area contributed by atoms with Gasteiger partial charge in [0, 0.05) is 13.5 Å². The topological polar surface area (TPSA) is 57.6 Å². The van der Waals surface area contributed by atoms with E-state index in [2.05, 4.69) is 0 Å². The lowest BCUT2D eigenvalue weighted by atomic mass is 10.2. The fraction of sp³-hybridized carbons (Fsp3) is 0.714. The first-order chi connectivity index (χ1) is 5.16. The molecule has 0 aromatic carbocycles. The largest absolute Gasteiger partial charge is 0.390 e. The van der Waals surface area contributed by atoms with Crippen LogP contribution in [0.5, 0.6) is 0 Å². The third-order valence-corrected chi connectivity index (χ3v) is 1.96. The van der Waals surface area contributed by atoms with E-state index in [0.717, 1.165) is 0 Å². The van der Waals surface area contributed by atoms with E-state index >= 15 is 0 Å². The molecule has 1 aliphatic heterocycles. The minimum absolute atomic E-state index is 0.154. The third-order valence-electron chi connectivity index (χ3n) is 1.96. The molecule has 0 bridgehead atoms.